The summed E-state index contributed by atoms with van der Waals surface area (Å²) in [5.41, 5.74) is 0. The summed E-state index contributed by atoms with van der Waals surface area (Å²) in [5.74, 6) is 0.860. The highest BCUT2D eigenvalue weighted by Crippen LogP contribution is 2.27. The van der Waals surface area contributed by atoms with E-state index < -0.39 is 0 Å². The van der Waals surface area contributed by atoms with E-state index in [-0.39, 0.29) is 12.6 Å². The van der Waals surface area contributed by atoms with Crippen LogP contribution in [0.15, 0.2) is 0 Å². The smallest absolute Gasteiger partial charge is 0.0582 e. The molecule has 3 heteroatoms. The minimum Gasteiger partial charge on any atom is -0.395 e. The zero-order valence-electron chi connectivity index (χ0n) is 8.37. The van der Waals surface area contributed by atoms with Gasteiger partial charge in [-0.2, -0.15) is 0 Å². The van der Waals surface area contributed by atoms with Crippen molar-refractivity contribution >= 4 is 0 Å². The highest BCUT2D eigenvalue weighted by atomic mass is 16.3. The molecule has 3 nitrogen and oxygen atoms in total. The average molecular weight is 184 g/mol. The minimum absolute atomic E-state index is 0.253. The first-order valence-corrected chi connectivity index (χ1v) is 5.39. The molecule has 2 N–H and O–H groups in total. The second-order valence-corrected chi connectivity index (χ2v) is 4.49. The maximum atomic E-state index is 8.96. The van der Waals surface area contributed by atoms with E-state index in [0.29, 0.717) is 6.04 Å². The Labute approximate surface area is 80.1 Å². The van der Waals surface area contributed by atoms with Crippen molar-refractivity contribution < 1.29 is 5.11 Å². The maximum absolute atomic E-state index is 8.96. The van der Waals surface area contributed by atoms with Crippen LogP contribution in [0.2, 0.25) is 0 Å². The van der Waals surface area contributed by atoms with Gasteiger partial charge in [0.15, 0.2) is 0 Å². The van der Waals surface area contributed by atoms with Crippen LogP contribution in [0.3, 0.4) is 0 Å². The lowest BCUT2D eigenvalue weighted by atomic mass is 9.84. The predicted octanol–water partition coefficient (Wildman–Crippen LogP) is 0.0510. The molecule has 0 amide bonds. The van der Waals surface area contributed by atoms with Crippen LogP contribution in [-0.2, 0) is 0 Å². The molecule has 3 heterocycles. The minimum atomic E-state index is 0.253. The first kappa shape index (κ1) is 9.44. The summed E-state index contributed by atoms with van der Waals surface area (Å²) in [5, 5.41) is 12.5. The molecule has 0 saturated carbocycles. The molecule has 0 aromatic carbocycles. The third-order valence-corrected chi connectivity index (χ3v) is 3.43. The lowest BCUT2D eigenvalue weighted by Gasteiger charge is -2.45. The molecule has 3 aliphatic rings. The second-order valence-electron chi connectivity index (χ2n) is 4.49. The van der Waals surface area contributed by atoms with Crippen LogP contribution in [-0.4, -0.2) is 48.3 Å². The molecule has 1 unspecified atom stereocenters. The van der Waals surface area contributed by atoms with Crippen molar-refractivity contribution in [1.82, 2.24) is 10.2 Å². The van der Waals surface area contributed by atoms with E-state index in [4.69, 9.17) is 5.11 Å². The fraction of sp³-hybridized carbons (Fsp3) is 1.00. The third kappa shape index (κ3) is 2.03. The molecule has 0 radical (unpaired) electrons. The molecule has 76 valence electrons. The lowest BCUT2D eigenvalue weighted by molar-refractivity contribution is 0.0632. The van der Waals surface area contributed by atoms with Crippen LogP contribution < -0.4 is 5.32 Å². The first-order chi connectivity index (χ1) is 6.29. The number of nitrogens with zero attached hydrogens (tertiary/aromatic N) is 1. The Morgan fingerprint density at radius 2 is 2.15 bits per heavy atom. The number of rotatable bonds is 3. The predicted molar refractivity (Wildman–Crippen MR) is 52.6 cm³/mol. The van der Waals surface area contributed by atoms with E-state index in [2.05, 4.69) is 17.1 Å². The zero-order chi connectivity index (χ0) is 9.26. The van der Waals surface area contributed by atoms with Crippen molar-refractivity contribution in [2.75, 3.05) is 26.2 Å². The van der Waals surface area contributed by atoms with Gasteiger partial charge in [-0.25, -0.2) is 0 Å². The Bertz CT molecular complexity index is 166. The van der Waals surface area contributed by atoms with Gasteiger partial charge in [0.05, 0.1) is 6.61 Å². The summed E-state index contributed by atoms with van der Waals surface area (Å²) in [6.07, 6.45) is 2.69. The summed E-state index contributed by atoms with van der Waals surface area (Å²) in [6, 6.07) is 0.884. The summed E-state index contributed by atoms with van der Waals surface area (Å²) in [6.45, 7) is 6.07. The lowest BCUT2D eigenvalue weighted by Crippen LogP contribution is -2.58. The van der Waals surface area contributed by atoms with Gasteiger partial charge in [0.1, 0.15) is 0 Å². The second kappa shape index (κ2) is 3.95. The van der Waals surface area contributed by atoms with Crippen LogP contribution >= 0.6 is 0 Å². The van der Waals surface area contributed by atoms with Crippen molar-refractivity contribution in [3.8, 4) is 0 Å². The van der Waals surface area contributed by atoms with E-state index in [1.807, 2.05) is 0 Å². The summed E-state index contributed by atoms with van der Waals surface area (Å²) in [4.78, 5) is 2.53. The fourth-order valence-electron chi connectivity index (χ4n) is 2.57. The molecule has 0 aromatic rings. The van der Waals surface area contributed by atoms with E-state index in [0.717, 1.165) is 5.92 Å². The SMILES string of the molecule is C[C@H](CO)NC1CN2CCC1CC2. The van der Waals surface area contributed by atoms with Gasteiger partial charge in [-0.3, -0.25) is 0 Å². The Kier molecular flexibility index (Phi) is 2.86. The van der Waals surface area contributed by atoms with E-state index >= 15 is 0 Å². The van der Waals surface area contributed by atoms with Gasteiger partial charge in [0.25, 0.3) is 0 Å². The number of nitrogens with one attached hydrogen (secondary N) is 1. The highest BCUT2D eigenvalue weighted by Gasteiger charge is 2.34. The molecule has 2 bridgehead atoms. The number of piperidine rings is 3. The normalized spacial score (nSPS) is 40.6. The molecule has 3 fully saturated rings. The number of hydrogen-bond acceptors (Lipinski definition) is 3. The molecule has 3 rings (SSSR count). The zero-order valence-corrected chi connectivity index (χ0v) is 8.37. The van der Waals surface area contributed by atoms with Crippen LogP contribution in [0.25, 0.3) is 0 Å². The molecule has 13 heavy (non-hydrogen) atoms. The van der Waals surface area contributed by atoms with Crippen molar-refractivity contribution in [2.45, 2.75) is 31.8 Å². The van der Waals surface area contributed by atoms with Crippen molar-refractivity contribution in [2.24, 2.45) is 5.92 Å². The molecule has 0 spiro atoms. The Balaban J connectivity index is 1.86. The van der Waals surface area contributed by atoms with E-state index in [1.54, 1.807) is 0 Å². The Morgan fingerprint density at radius 3 is 2.62 bits per heavy atom. The standard InChI is InChI=1S/C10H20N2O/c1-8(7-13)11-10-6-12-4-2-9(10)3-5-12/h8-11,13H,2-7H2,1H3/t8-,10?/m1/s1. The van der Waals surface area contributed by atoms with Crippen molar-refractivity contribution in [3.63, 3.8) is 0 Å². The van der Waals surface area contributed by atoms with Gasteiger partial charge in [-0.1, -0.05) is 0 Å². The van der Waals surface area contributed by atoms with E-state index in [1.165, 1.54) is 32.5 Å². The Hall–Kier alpha value is -0.120. The molecular weight excluding hydrogens is 164 g/mol. The quantitative estimate of drug-likeness (QED) is 0.650. The van der Waals surface area contributed by atoms with Gasteiger partial charge in [-0.05, 0) is 38.8 Å². The maximum Gasteiger partial charge on any atom is 0.0582 e. The highest BCUT2D eigenvalue weighted by molar-refractivity contribution is 4.91. The van der Waals surface area contributed by atoms with Crippen molar-refractivity contribution in [1.29, 1.82) is 0 Å². The molecule has 3 saturated heterocycles. The van der Waals surface area contributed by atoms with Crippen LogP contribution in [0, 0.1) is 5.92 Å². The Morgan fingerprint density at radius 1 is 1.46 bits per heavy atom. The first-order valence-electron chi connectivity index (χ1n) is 5.39. The molecular formula is C10H20N2O. The number of fused-ring (bicyclic) bond motifs is 3. The number of aliphatic hydroxyl groups is 1. The summed E-state index contributed by atoms with van der Waals surface area (Å²) >= 11 is 0. The number of hydrogen-bond donors (Lipinski definition) is 2. The largest absolute Gasteiger partial charge is 0.395 e. The van der Waals surface area contributed by atoms with Crippen LogP contribution in [0.4, 0.5) is 0 Å². The van der Waals surface area contributed by atoms with Gasteiger partial charge in [-0.15, -0.1) is 0 Å². The summed E-state index contributed by atoms with van der Waals surface area (Å²) in [7, 11) is 0. The molecule has 2 atom stereocenters. The van der Waals surface area contributed by atoms with Gasteiger partial charge < -0.3 is 15.3 Å². The summed E-state index contributed by atoms with van der Waals surface area (Å²) < 4.78 is 0. The monoisotopic (exact) mass is 184 g/mol. The number of aliphatic hydroxyl groups excluding tert-OH is 1. The van der Waals surface area contributed by atoms with E-state index in [9.17, 15) is 0 Å². The topological polar surface area (TPSA) is 35.5 Å². The molecule has 0 aliphatic carbocycles. The fourth-order valence-corrected chi connectivity index (χ4v) is 2.57. The third-order valence-electron chi connectivity index (χ3n) is 3.43. The average Bonchev–Trinajstić information content (AvgIpc) is 2.19. The van der Waals surface area contributed by atoms with Gasteiger partial charge in [0.2, 0.25) is 0 Å². The molecule has 3 aliphatic heterocycles. The van der Waals surface area contributed by atoms with Crippen LogP contribution in [0.5, 0.6) is 0 Å². The van der Waals surface area contributed by atoms with Crippen molar-refractivity contribution in [3.05, 3.63) is 0 Å². The van der Waals surface area contributed by atoms with Gasteiger partial charge >= 0.3 is 0 Å². The van der Waals surface area contributed by atoms with Crippen LogP contribution in [0.1, 0.15) is 19.8 Å². The van der Waals surface area contributed by atoms with Gasteiger partial charge in [0, 0.05) is 18.6 Å². The molecule has 0 aromatic heterocycles.